The maximum atomic E-state index is 6.29. The molecule has 0 aliphatic carbocycles. The maximum Gasteiger partial charge on any atom is 0.0834 e. The van der Waals surface area contributed by atoms with Crippen molar-refractivity contribution in [3.8, 4) is 0 Å². The van der Waals surface area contributed by atoms with E-state index in [1.54, 1.807) is 13.3 Å². The van der Waals surface area contributed by atoms with E-state index >= 15 is 0 Å². The van der Waals surface area contributed by atoms with Gasteiger partial charge in [-0.2, -0.15) is 5.10 Å². The van der Waals surface area contributed by atoms with Crippen LogP contribution < -0.4 is 5.73 Å². The summed E-state index contributed by atoms with van der Waals surface area (Å²) in [5.74, 6) is 0. The fourth-order valence-corrected chi connectivity index (χ4v) is 2.92. The highest BCUT2D eigenvalue weighted by Crippen LogP contribution is 2.26. The minimum absolute atomic E-state index is 0.104. The molecule has 2 unspecified atom stereocenters. The van der Waals surface area contributed by atoms with Gasteiger partial charge in [0, 0.05) is 19.8 Å². The number of nitrogens with zero attached hydrogens (tertiary/aromatic N) is 2. The van der Waals surface area contributed by atoms with E-state index in [1.807, 2.05) is 4.68 Å². The van der Waals surface area contributed by atoms with Crippen LogP contribution in [0.1, 0.15) is 43.8 Å². The van der Waals surface area contributed by atoms with E-state index in [0.717, 1.165) is 31.6 Å². The molecule has 6 heteroatoms. The summed E-state index contributed by atoms with van der Waals surface area (Å²) < 4.78 is 12.7. The monoisotopic (exact) mass is 301 g/mol. The highest BCUT2D eigenvalue weighted by atomic mass is 35.5. The van der Waals surface area contributed by atoms with Gasteiger partial charge in [0.1, 0.15) is 0 Å². The van der Waals surface area contributed by atoms with Crippen LogP contribution in [0.25, 0.3) is 0 Å². The molecule has 2 heterocycles. The van der Waals surface area contributed by atoms with Crippen LogP contribution in [0, 0.1) is 0 Å². The van der Waals surface area contributed by atoms with Gasteiger partial charge in [-0.05, 0) is 32.1 Å². The van der Waals surface area contributed by atoms with Crippen LogP contribution >= 0.6 is 11.6 Å². The zero-order valence-electron chi connectivity index (χ0n) is 12.1. The van der Waals surface area contributed by atoms with Crippen molar-refractivity contribution in [2.45, 2.75) is 50.8 Å². The molecule has 1 aromatic rings. The van der Waals surface area contributed by atoms with Crippen molar-refractivity contribution in [3.05, 3.63) is 16.9 Å². The van der Waals surface area contributed by atoms with Crippen molar-refractivity contribution in [3.63, 3.8) is 0 Å². The Bertz CT molecular complexity index is 405. The van der Waals surface area contributed by atoms with Gasteiger partial charge < -0.3 is 15.2 Å². The van der Waals surface area contributed by atoms with Crippen molar-refractivity contribution in [1.82, 2.24) is 9.78 Å². The Kier molecular flexibility index (Phi) is 6.29. The molecule has 0 aromatic carbocycles. The summed E-state index contributed by atoms with van der Waals surface area (Å²) in [6.45, 7) is 2.15. The molecule has 1 fully saturated rings. The Morgan fingerprint density at radius 2 is 2.45 bits per heavy atom. The van der Waals surface area contributed by atoms with Crippen LogP contribution in [0.15, 0.2) is 6.20 Å². The summed E-state index contributed by atoms with van der Waals surface area (Å²) in [7, 11) is 1.67. The molecule has 1 saturated heterocycles. The molecular formula is C14H24ClN3O2. The fourth-order valence-electron chi connectivity index (χ4n) is 2.63. The van der Waals surface area contributed by atoms with Crippen LogP contribution in [0.2, 0.25) is 5.02 Å². The predicted molar refractivity (Wildman–Crippen MR) is 78.9 cm³/mol. The van der Waals surface area contributed by atoms with Crippen LogP contribution in [-0.4, -0.2) is 36.2 Å². The first-order valence-electron chi connectivity index (χ1n) is 7.29. The number of ether oxygens (including phenoxy) is 2. The standard InChI is InChI=1S/C14H24ClN3O2/c1-19-9-7-18-14(12(15)10-17-18)13(16)6-5-11-4-2-3-8-20-11/h10-11,13H,2-9,16H2,1H3. The topological polar surface area (TPSA) is 62.3 Å². The molecule has 2 rings (SSSR count). The Balaban J connectivity index is 1.90. The van der Waals surface area contributed by atoms with Crippen molar-refractivity contribution in [2.24, 2.45) is 5.73 Å². The lowest BCUT2D eigenvalue weighted by molar-refractivity contribution is 0.00899. The molecule has 0 spiro atoms. The average molecular weight is 302 g/mol. The minimum atomic E-state index is -0.104. The number of aromatic nitrogens is 2. The number of halogens is 1. The lowest BCUT2D eigenvalue weighted by Gasteiger charge is -2.24. The predicted octanol–water partition coefficient (Wildman–Crippen LogP) is 2.53. The molecule has 0 saturated carbocycles. The zero-order chi connectivity index (χ0) is 14.4. The van der Waals surface area contributed by atoms with Gasteiger partial charge in [-0.1, -0.05) is 11.6 Å². The second kappa shape index (κ2) is 7.98. The van der Waals surface area contributed by atoms with Crippen molar-refractivity contribution >= 4 is 11.6 Å². The lowest BCUT2D eigenvalue weighted by atomic mass is 10.0. The minimum Gasteiger partial charge on any atom is -0.383 e. The summed E-state index contributed by atoms with van der Waals surface area (Å²) in [6, 6.07) is -0.104. The van der Waals surface area contributed by atoms with Gasteiger partial charge in [0.25, 0.3) is 0 Å². The second-order valence-electron chi connectivity index (χ2n) is 5.27. The first-order valence-corrected chi connectivity index (χ1v) is 7.67. The summed E-state index contributed by atoms with van der Waals surface area (Å²) in [4.78, 5) is 0. The average Bonchev–Trinajstić information content (AvgIpc) is 2.84. The molecule has 0 radical (unpaired) electrons. The molecular weight excluding hydrogens is 278 g/mol. The molecule has 1 aromatic heterocycles. The Labute approximate surface area is 125 Å². The van der Waals surface area contributed by atoms with Gasteiger partial charge in [0.2, 0.25) is 0 Å². The Morgan fingerprint density at radius 1 is 1.60 bits per heavy atom. The third-order valence-corrected chi connectivity index (χ3v) is 4.06. The van der Waals surface area contributed by atoms with Crippen LogP contribution in [0.3, 0.4) is 0 Å². The third kappa shape index (κ3) is 4.19. The second-order valence-corrected chi connectivity index (χ2v) is 5.67. The molecule has 114 valence electrons. The van der Waals surface area contributed by atoms with Crippen LogP contribution in [0.4, 0.5) is 0 Å². The molecule has 5 nitrogen and oxygen atoms in total. The van der Waals surface area contributed by atoms with Gasteiger partial charge in [-0.3, -0.25) is 4.68 Å². The molecule has 0 amide bonds. The van der Waals surface area contributed by atoms with E-state index in [-0.39, 0.29) is 6.04 Å². The number of hydrogen-bond acceptors (Lipinski definition) is 4. The normalized spacial score (nSPS) is 21.1. The molecule has 1 aliphatic rings. The molecule has 1 aliphatic heterocycles. The molecule has 0 bridgehead atoms. The SMILES string of the molecule is COCCn1ncc(Cl)c1C(N)CCC1CCCCO1. The summed E-state index contributed by atoms with van der Waals surface area (Å²) in [6.07, 6.45) is 7.43. The fraction of sp³-hybridized carbons (Fsp3) is 0.786. The number of nitrogens with two attached hydrogens (primary N) is 1. The largest absolute Gasteiger partial charge is 0.383 e. The lowest BCUT2D eigenvalue weighted by Crippen LogP contribution is -2.23. The van der Waals surface area contributed by atoms with Crippen LogP contribution in [-0.2, 0) is 16.0 Å². The van der Waals surface area contributed by atoms with Crippen LogP contribution in [0.5, 0.6) is 0 Å². The Hall–Kier alpha value is -0.620. The van der Waals surface area contributed by atoms with E-state index < -0.39 is 0 Å². The van der Waals surface area contributed by atoms with Gasteiger partial charge >= 0.3 is 0 Å². The number of hydrogen-bond donors (Lipinski definition) is 1. The van der Waals surface area contributed by atoms with Crippen molar-refractivity contribution in [2.75, 3.05) is 20.3 Å². The molecule has 2 atom stereocenters. The summed E-state index contributed by atoms with van der Waals surface area (Å²) >= 11 is 6.20. The first kappa shape index (κ1) is 15.8. The van der Waals surface area contributed by atoms with Gasteiger partial charge in [-0.25, -0.2) is 0 Å². The Morgan fingerprint density at radius 3 is 3.15 bits per heavy atom. The molecule has 20 heavy (non-hydrogen) atoms. The van der Waals surface area contributed by atoms with Gasteiger partial charge in [-0.15, -0.1) is 0 Å². The van der Waals surface area contributed by atoms with Crippen molar-refractivity contribution < 1.29 is 9.47 Å². The maximum absolute atomic E-state index is 6.29. The van der Waals surface area contributed by atoms with Gasteiger partial charge in [0.15, 0.2) is 0 Å². The quantitative estimate of drug-likeness (QED) is 0.840. The van der Waals surface area contributed by atoms with E-state index in [1.165, 1.54) is 12.8 Å². The smallest absolute Gasteiger partial charge is 0.0834 e. The highest BCUT2D eigenvalue weighted by molar-refractivity contribution is 6.31. The molecule has 2 N–H and O–H groups in total. The third-order valence-electron chi connectivity index (χ3n) is 3.77. The summed E-state index contributed by atoms with van der Waals surface area (Å²) in [5, 5.41) is 4.90. The van der Waals surface area contributed by atoms with Crippen molar-refractivity contribution in [1.29, 1.82) is 0 Å². The highest BCUT2D eigenvalue weighted by Gasteiger charge is 2.20. The van der Waals surface area contributed by atoms with E-state index in [4.69, 9.17) is 26.8 Å². The van der Waals surface area contributed by atoms with E-state index in [2.05, 4.69) is 5.10 Å². The van der Waals surface area contributed by atoms with Gasteiger partial charge in [0.05, 0.1) is 36.2 Å². The summed E-state index contributed by atoms with van der Waals surface area (Å²) in [5.41, 5.74) is 7.19. The zero-order valence-corrected chi connectivity index (χ0v) is 12.8. The number of rotatable bonds is 7. The van der Waals surface area contributed by atoms with E-state index in [9.17, 15) is 0 Å². The number of methoxy groups -OCH3 is 1. The van der Waals surface area contributed by atoms with E-state index in [0.29, 0.717) is 24.3 Å². The first-order chi connectivity index (χ1) is 9.72.